The zero-order valence-corrected chi connectivity index (χ0v) is 9.98. The molecule has 0 saturated carbocycles. The van der Waals surface area contributed by atoms with Crippen molar-refractivity contribution in [2.24, 2.45) is 0 Å². The Balaban J connectivity index is 2.29. The van der Waals surface area contributed by atoms with E-state index >= 15 is 0 Å². The molecule has 0 N–H and O–H groups in total. The molecule has 1 aromatic carbocycles. The number of nitro groups is 1. The summed E-state index contributed by atoms with van der Waals surface area (Å²) in [5, 5.41) is 10.9. The first-order valence-electron chi connectivity index (χ1n) is 5.91. The van der Waals surface area contributed by atoms with Crippen LogP contribution in [-0.4, -0.2) is 4.92 Å². The molecule has 0 aromatic heterocycles. The quantitative estimate of drug-likeness (QED) is 0.599. The minimum Gasteiger partial charge on any atom is -0.259 e. The number of nitrogens with zero attached hydrogens (tertiary/aromatic N) is 1. The molecule has 0 amide bonds. The topological polar surface area (TPSA) is 43.1 Å². The number of hydrogen-bond acceptors (Lipinski definition) is 2. The lowest BCUT2D eigenvalue weighted by atomic mass is 9.86. The van der Waals surface area contributed by atoms with Gasteiger partial charge in [0.2, 0.25) is 5.70 Å². The number of hydrogen-bond donors (Lipinski definition) is 0. The second-order valence-electron chi connectivity index (χ2n) is 4.49. The van der Waals surface area contributed by atoms with Gasteiger partial charge in [0.15, 0.2) is 0 Å². The fraction of sp³-hybridized carbons (Fsp3) is 0.385. The third-order valence-electron chi connectivity index (χ3n) is 3.26. The zero-order chi connectivity index (χ0) is 14.0. The maximum absolute atomic E-state index is 12.4. The van der Waals surface area contributed by atoms with Crippen molar-refractivity contribution in [3.8, 4) is 0 Å². The summed E-state index contributed by atoms with van der Waals surface area (Å²) < 4.78 is 37.3. The van der Waals surface area contributed by atoms with Crippen LogP contribution in [0.15, 0.2) is 36.0 Å². The van der Waals surface area contributed by atoms with Gasteiger partial charge in [-0.15, -0.1) is 0 Å². The van der Waals surface area contributed by atoms with Gasteiger partial charge < -0.3 is 0 Å². The normalized spacial score (nSPS) is 19.9. The summed E-state index contributed by atoms with van der Waals surface area (Å²) in [4.78, 5) is 10.5. The van der Waals surface area contributed by atoms with Gasteiger partial charge in [-0.3, -0.25) is 10.1 Å². The van der Waals surface area contributed by atoms with Gasteiger partial charge >= 0.3 is 6.18 Å². The first kappa shape index (κ1) is 13.6. The van der Waals surface area contributed by atoms with Crippen LogP contribution in [-0.2, 0) is 6.18 Å². The molecular weight excluding hydrogens is 259 g/mol. The first-order chi connectivity index (χ1) is 8.89. The molecule has 0 aliphatic heterocycles. The highest BCUT2D eigenvalue weighted by Gasteiger charge is 2.32. The van der Waals surface area contributed by atoms with Gasteiger partial charge in [-0.05, 0) is 43.0 Å². The Bertz CT molecular complexity index is 506. The Morgan fingerprint density at radius 3 is 2.37 bits per heavy atom. The summed E-state index contributed by atoms with van der Waals surface area (Å²) in [6.45, 7) is 0. The molecule has 102 valence electrons. The Kier molecular flexibility index (Phi) is 3.59. The molecule has 0 spiro atoms. The van der Waals surface area contributed by atoms with Crippen LogP contribution in [0.5, 0.6) is 0 Å². The molecule has 3 nitrogen and oxygen atoms in total. The largest absolute Gasteiger partial charge is 0.416 e. The predicted octanol–water partition coefficient (Wildman–Crippen LogP) is 4.13. The van der Waals surface area contributed by atoms with E-state index in [-0.39, 0.29) is 5.70 Å². The van der Waals surface area contributed by atoms with Crippen LogP contribution in [0.2, 0.25) is 0 Å². The molecule has 1 aliphatic rings. The van der Waals surface area contributed by atoms with Crippen molar-refractivity contribution >= 4 is 0 Å². The molecule has 1 aromatic rings. The first-order valence-corrected chi connectivity index (χ1v) is 5.91. The molecule has 0 unspecified atom stereocenters. The number of halogens is 3. The van der Waals surface area contributed by atoms with E-state index in [2.05, 4.69) is 0 Å². The number of benzene rings is 1. The van der Waals surface area contributed by atoms with Crippen LogP contribution in [0.3, 0.4) is 0 Å². The standard InChI is InChI=1S/C13H12F3NO2/c14-13(15,16)10-7-5-9(6-8-10)11-3-1-2-4-12(11)17(18)19/h4-8,11H,1-3H2/t11-/m0/s1. The van der Waals surface area contributed by atoms with Crippen molar-refractivity contribution in [2.75, 3.05) is 0 Å². The van der Waals surface area contributed by atoms with Crippen molar-refractivity contribution in [3.63, 3.8) is 0 Å². The lowest BCUT2D eigenvalue weighted by Gasteiger charge is -2.18. The van der Waals surface area contributed by atoms with Crippen LogP contribution in [0.25, 0.3) is 0 Å². The van der Waals surface area contributed by atoms with E-state index in [1.165, 1.54) is 12.1 Å². The zero-order valence-electron chi connectivity index (χ0n) is 9.98. The fourth-order valence-corrected chi connectivity index (χ4v) is 2.31. The van der Waals surface area contributed by atoms with Gasteiger partial charge in [-0.2, -0.15) is 13.2 Å². The van der Waals surface area contributed by atoms with Crippen molar-refractivity contribution in [1.29, 1.82) is 0 Å². The second kappa shape index (κ2) is 5.03. The average molecular weight is 271 g/mol. The molecule has 0 bridgehead atoms. The van der Waals surface area contributed by atoms with Gasteiger partial charge in [0, 0.05) is 0 Å². The monoisotopic (exact) mass is 271 g/mol. The predicted molar refractivity (Wildman–Crippen MR) is 63.1 cm³/mol. The minimum absolute atomic E-state index is 0.0889. The van der Waals surface area contributed by atoms with Gasteiger partial charge in [0.05, 0.1) is 16.4 Å². The molecule has 0 fully saturated rings. The maximum Gasteiger partial charge on any atom is 0.416 e. The Labute approximate surface area is 107 Å². The third kappa shape index (κ3) is 2.94. The number of rotatable bonds is 2. The summed E-state index contributed by atoms with van der Waals surface area (Å²) in [6.07, 6.45) is -0.770. The molecular formula is C13H12F3NO2. The highest BCUT2D eigenvalue weighted by molar-refractivity contribution is 5.31. The van der Waals surface area contributed by atoms with Crippen LogP contribution in [0, 0.1) is 10.1 Å². The third-order valence-corrected chi connectivity index (χ3v) is 3.26. The number of alkyl halides is 3. The maximum atomic E-state index is 12.4. The Hall–Kier alpha value is -1.85. The van der Waals surface area contributed by atoms with E-state index in [1.807, 2.05) is 0 Å². The average Bonchev–Trinajstić information content (AvgIpc) is 2.38. The van der Waals surface area contributed by atoms with E-state index in [1.54, 1.807) is 6.08 Å². The minimum atomic E-state index is -4.38. The number of allylic oxidation sites excluding steroid dienone is 2. The molecule has 6 heteroatoms. The molecule has 2 rings (SSSR count). The summed E-state index contributed by atoms with van der Waals surface area (Å²) in [5.74, 6) is -0.411. The molecule has 19 heavy (non-hydrogen) atoms. The summed E-state index contributed by atoms with van der Waals surface area (Å²) >= 11 is 0. The fourth-order valence-electron chi connectivity index (χ4n) is 2.31. The van der Waals surface area contributed by atoms with Gasteiger partial charge in [-0.25, -0.2) is 0 Å². The van der Waals surface area contributed by atoms with Crippen molar-refractivity contribution in [2.45, 2.75) is 31.4 Å². The summed E-state index contributed by atoms with van der Waals surface area (Å²) in [6, 6.07) is 4.61. The Morgan fingerprint density at radius 2 is 1.84 bits per heavy atom. The van der Waals surface area contributed by atoms with Gasteiger partial charge in [0.25, 0.3) is 0 Å². The van der Waals surface area contributed by atoms with E-state index in [0.29, 0.717) is 18.4 Å². The van der Waals surface area contributed by atoms with Gasteiger partial charge in [0.1, 0.15) is 0 Å². The van der Waals surface area contributed by atoms with Crippen molar-refractivity contribution < 1.29 is 18.1 Å². The molecule has 1 aliphatic carbocycles. The highest BCUT2D eigenvalue weighted by atomic mass is 19.4. The van der Waals surface area contributed by atoms with E-state index in [4.69, 9.17) is 0 Å². The van der Waals surface area contributed by atoms with Crippen molar-refractivity contribution in [3.05, 3.63) is 57.3 Å². The van der Waals surface area contributed by atoms with Crippen LogP contribution < -0.4 is 0 Å². The summed E-state index contributed by atoms with van der Waals surface area (Å²) in [7, 11) is 0. The highest BCUT2D eigenvalue weighted by Crippen LogP contribution is 2.36. The smallest absolute Gasteiger partial charge is 0.259 e. The SMILES string of the molecule is O=[N+]([O-])C1=CCCC[C@H]1c1ccc(C(F)(F)F)cc1. The van der Waals surface area contributed by atoms with E-state index in [0.717, 1.165) is 18.6 Å². The second-order valence-corrected chi connectivity index (χ2v) is 4.49. The van der Waals surface area contributed by atoms with Crippen LogP contribution in [0.1, 0.15) is 36.3 Å². The molecule has 0 radical (unpaired) electrons. The van der Waals surface area contributed by atoms with E-state index in [9.17, 15) is 23.3 Å². The van der Waals surface area contributed by atoms with Crippen LogP contribution >= 0.6 is 0 Å². The molecule has 1 atom stereocenters. The van der Waals surface area contributed by atoms with Crippen LogP contribution in [0.4, 0.5) is 13.2 Å². The Morgan fingerprint density at radius 1 is 1.21 bits per heavy atom. The molecule has 0 heterocycles. The molecule has 0 saturated heterocycles. The lowest BCUT2D eigenvalue weighted by molar-refractivity contribution is -0.431. The van der Waals surface area contributed by atoms with E-state index < -0.39 is 22.6 Å². The summed E-state index contributed by atoms with van der Waals surface area (Å²) in [5.41, 5.74) is -0.0830. The van der Waals surface area contributed by atoms with Crippen molar-refractivity contribution in [1.82, 2.24) is 0 Å². The van der Waals surface area contributed by atoms with Gasteiger partial charge in [-0.1, -0.05) is 12.1 Å². The lowest BCUT2D eigenvalue weighted by Crippen LogP contribution is -2.14.